The van der Waals surface area contributed by atoms with E-state index in [-0.39, 0.29) is 5.16 Å². The monoisotopic (exact) mass is 185 g/mol. The van der Waals surface area contributed by atoms with Crippen LogP contribution < -0.4 is 5.32 Å². The maximum Gasteiger partial charge on any atom is 0.147 e. The molecule has 1 aliphatic rings. The van der Waals surface area contributed by atoms with Gasteiger partial charge in [-0.2, -0.15) is 0 Å². The van der Waals surface area contributed by atoms with Gasteiger partial charge in [0.05, 0.1) is 0 Å². The van der Waals surface area contributed by atoms with Gasteiger partial charge in [-0.3, -0.25) is 4.79 Å². The van der Waals surface area contributed by atoms with Gasteiger partial charge < -0.3 is 5.32 Å². The molecule has 1 aliphatic heterocycles. The maximum absolute atomic E-state index is 11.5. The topological polar surface area (TPSA) is 29.1 Å². The molecule has 0 aromatic rings. The molecule has 2 nitrogen and oxygen atoms in total. The van der Waals surface area contributed by atoms with Crippen LogP contribution >= 0.6 is 8.58 Å². The molecule has 1 fully saturated rings. The van der Waals surface area contributed by atoms with E-state index in [1.54, 1.807) is 0 Å². The van der Waals surface area contributed by atoms with Crippen LogP contribution in [0.2, 0.25) is 0 Å². The maximum atomic E-state index is 11.5. The van der Waals surface area contributed by atoms with Crippen LogP contribution in [0.25, 0.3) is 0 Å². The Kier molecular flexibility index (Phi) is 3.03. The van der Waals surface area contributed by atoms with Crippen molar-refractivity contribution in [1.82, 2.24) is 5.32 Å². The lowest BCUT2D eigenvalue weighted by Crippen LogP contribution is -2.29. The van der Waals surface area contributed by atoms with Crippen molar-refractivity contribution in [2.45, 2.75) is 24.9 Å². The molecule has 3 heteroatoms. The minimum absolute atomic E-state index is 0.0971. The Morgan fingerprint density at radius 1 is 1.75 bits per heavy atom. The van der Waals surface area contributed by atoms with E-state index in [1.165, 1.54) is 0 Å². The van der Waals surface area contributed by atoms with Crippen LogP contribution in [0.1, 0.15) is 19.8 Å². The molecule has 12 heavy (non-hydrogen) atoms. The van der Waals surface area contributed by atoms with E-state index in [9.17, 15) is 4.79 Å². The second-order valence-electron chi connectivity index (χ2n) is 3.51. The quantitative estimate of drug-likeness (QED) is 0.675. The van der Waals surface area contributed by atoms with E-state index >= 15 is 0 Å². The zero-order valence-corrected chi connectivity index (χ0v) is 8.74. The third-order valence-electron chi connectivity index (χ3n) is 2.32. The first-order chi connectivity index (χ1) is 5.58. The first-order valence-electron chi connectivity index (χ1n) is 4.22. The molecule has 1 saturated heterocycles. The van der Waals surface area contributed by atoms with Crippen LogP contribution in [0.15, 0.2) is 11.9 Å². The number of carbonyl (C=O) groups is 1. The lowest BCUT2D eigenvalue weighted by Gasteiger charge is -2.20. The summed E-state index contributed by atoms with van der Waals surface area (Å²) in [5, 5.41) is 4.10. The van der Waals surface area contributed by atoms with Gasteiger partial charge in [0.25, 0.3) is 0 Å². The normalized spacial score (nSPS) is 31.8. The van der Waals surface area contributed by atoms with Crippen LogP contribution in [0.3, 0.4) is 0 Å². The minimum Gasteiger partial charge on any atom is -0.320 e. The van der Waals surface area contributed by atoms with E-state index in [0.717, 1.165) is 18.3 Å². The molecule has 0 amide bonds. The fourth-order valence-electron chi connectivity index (χ4n) is 1.47. The lowest BCUT2D eigenvalue weighted by molar-refractivity contribution is -0.119. The summed E-state index contributed by atoms with van der Waals surface area (Å²) >= 11 is 0. The highest BCUT2D eigenvalue weighted by molar-refractivity contribution is 7.47. The minimum atomic E-state index is -0.0971. The molecular weight excluding hydrogens is 169 g/mol. The van der Waals surface area contributed by atoms with Crippen molar-refractivity contribution in [3.05, 3.63) is 11.9 Å². The molecule has 2 unspecified atom stereocenters. The van der Waals surface area contributed by atoms with Gasteiger partial charge in [0, 0.05) is 11.6 Å². The Labute approximate surface area is 75.6 Å². The Hall–Kier alpha value is -0.200. The molecule has 0 saturated carbocycles. The van der Waals surface area contributed by atoms with Crippen molar-refractivity contribution in [2.75, 3.05) is 13.6 Å². The highest BCUT2D eigenvalue weighted by Crippen LogP contribution is 2.49. The Balaban J connectivity index is 2.58. The lowest BCUT2D eigenvalue weighted by atomic mass is 10.00. The van der Waals surface area contributed by atoms with E-state index in [0.29, 0.717) is 20.8 Å². The number of Topliss-reactive ketones (excluding diaryl/α,β-unsaturated/α-hetero) is 1. The average Bonchev–Trinajstić information content (AvgIpc) is 2.23. The molecule has 0 radical (unpaired) electrons. The first-order valence-corrected chi connectivity index (χ1v) is 5.22. The molecule has 68 valence electrons. The molecular formula is C9H16NOP. The van der Waals surface area contributed by atoms with Gasteiger partial charge in [-0.05, 0) is 32.3 Å². The van der Waals surface area contributed by atoms with Gasteiger partial charge in [0.15, 0.2) is 0 Å². The van der Waals surface area contributed by atoms with Crippen molar-refractivity contribution >= 4 is 14.4 Å². The fraction of sp³-hybridized carbons (Fsp3) is 0.667. The molecule has 0 aliphatic carbocycles. The number of allylic oxidation sites excluding steroid dienone is 1. The van der Waals surface area contributed by atoms with Gasteiger partial charge in [0.1, 0.15) is 5.78 Å². The van der Waals surface area contributed by atoms with E-state index in [2.05, 4.69) is 18.8 Å². The van der Waals surface area contributed by atoms with Crippen LogP contribution in [0.4, 0.5) is 0 Å². The number of ketones is 1. The van der Waals surface area contributed by atoms with E-state index < -0.39 is 0 Å². The predicted molar refractivity (Wildman–Crippen MR) is 54.0 cm³/mol. The van der Waals surface area contributed by atoms with Gasteiger partial charge in [-0.15, -0.1) is 0 Å². The third-order valence-corrected chi connectivity index (χ3v) is 3.93. The van der Waals surface area contributed by atoms with Crippen LogP contribution in [0.5, 0.6) is 0 Å². The summed E-state index contributed by atoms with van der Waals surface area (Å²) in [5.41, 5.74) is 0. The van der Waals surface area contributed by atoms with E-state index in [1.807, 2.05) is 7.05 Å². The standard InChI is InChI=1S/C9H16NOP/c1-7-6-8(11)9(2,12-7)4-5-10-3/h10,12H,1,4-6H2,2-3H3. The molecule has 1 N–H and O–H groups in total. The molecule has 2 atom stereocenters. The van der Waals surface area contributed by atoms with Crippen molar-refractivity contribution < 1.29 is 4.79 Å². The summed E-state index contributed by atoms with van der Waals surface area (Å²) in [5.74, 6) is 0.376. The second kappa shape index (κ2) is 3.68. The molecule has 0 bridgehead atoms. The Bertz CT molecular complexity index is 215. The zero-order valence-electron chi connectivity index (χ0n) is 7.74. The Morgan fingerprint density at radius 3 is 2.83 bits per heavy atom. The molecule has 0 spiro atoms. The number of hydrogen-bond acceptors (Lipinski definition) is 2. The number of rotatable bonds is 3. The van der Waals surface area contributed by atoms with Gasteiger partial charge in [-0.1, -0.05) is 15.2 Å². The fourth-order valence-corrected chi connectivity index (χ4v) is 2.98. The van der Waals surface area contributed by atoms with Crippen molar-refractivity contribution in [2.24, 2.45) is 0 Å². The molecule has 0 aromatic heterocycles. The summed E-state index contributed by atoms with van der Waals surface area (Å²) in [6, 6.07) is 0. The van der Waals surface area contributed by atoms with Crippen molar-refractivity contribution in [1.29, 1.82) is 0 Å². The molecule has 1 heterocycles. The van der Waals surface area contributed by atoms with Crippen molar-refractivity contribution in [3.8, 4) is 0 Å². The van der Waals surface area contributed by atoms with Gasteiger partial charge in [0.2, 0.25) is 0 Å². The third kappa shape index (κ3) is 1.94. The summed E-state index contributed by atoms with van der Waals surface area (Å²) < 4.78 is 0. The summed E-state index contributed by atoms with van der Waals surface area (Å²) in [7, 11) is 2.55. The SMILES string of the molecule is C=C1CC(=O)C(C)(CCNC)P1. The largest absolute Gasteiger partial charge is 0.320 e. The Morgan fingerprint density at radius 2 is 2.42 bits per heavy atom. The average molecular weight is 185 g/mol. The number of nitrogens with one attached hydrogen (secondary N) is 1. The van der Waals surface area contributed by atoms with Crippen LogP contribution in [0, 0.1) is 0 Å². The highest BCUT2D eigenvalue weighted by Gasteiger charge is 2.38. The number of hydrogen-bond donors (Lipinski definition) is 1. The summed E-state index contributed by atoms with van der Waals surface area (Å²) in [6.07, 6.45) is 1.55. The summed E-state index contributed by atoms with van der Waals surface area (Å²) in [4.78, 5) is 11.5. The predicted octanol–water partition coefficient (Wildman–Crippen LogP) is 1.52. The molecule has 1 rings (SSSR count). The smallest absolute Gasteiger partial charge is 0.147 e. The zero-order chi connectivity index (χ0) is 9.19. The van der Waals surface area contributed by atoms with Crippen LogP contribution in [-0.4, -0.2) is 24.5 Å². The highest BCUT2D eigenvalue weighted by atomic mass is 31.1. The molecule has 0 aromatic carbocycles. The van der Waals surface area contributed by atoms with Gasteiger partial charge in [-0.25, -0.2) is 0 Å². The summed E-state index contributed by atoms with van der Waals surface area (Å²) in [6.45, 7) is 6.86. The first kappa shape index (κ1) is 9.88. The van der Waals surface area contributed by atoms with E-state index in [4.69, 9.17) is 0 Å². The second-order valence-corrected chi connectivity index (χ2v) is 5.57. The van der Waals surface area contributed by atoms with Crippen LogP contribution in [-0.2, 0) is 4.79 Å². The number of carbonyl (C=O) groups excluding carboxylic acids is 1. The van der Waals surface area contributed by atoms with Gasteiger partial charge >= 0.3 is 0 Å². The van der Waals surface area contributed by atoms with Crippen molar-refractivity contribution in [3.63, 3.8) is 0 Å².